The second-order valence-corrected chi connectivity index (χ2v) is 7.23. The molecule has 0 aliphatic carbocycles. The maximum Gasteiger partial charge on any atom is 0.277 e. The van der Waals surface area contributed by atoms with Crippen LogP contribution in [0.15, 0.2) is 46.0 Å². The van der Waals surface area contributed by atoms with Crippen LogP contribution >= 0.6 is 15.9 Å². The van der Waals surface area contributed by atoms with Gasteiger partial charge in [-0.2, -0.15) is 5.10 Å². The predicted octanol–water partition coefficient (Wildman–Crippen LogP) is 3.67. The smallest absolute Gasteiger partial charge is 0.277 e. The number of hydrogen-bond donors (Lipinski definition) is 2. The van der Waals surface area contributed by atoms with Gasteiger partial charge in [-0.15, -0.1) is 0 Å². The highest BCUT2D eigenvalue weighted by molar-refractivity contribution is 9.10. The number of rotatable bonds is 9. The van der Waals surface area contributed by atoms with Crippen molar-refractivity contribution in [1.82, 2.24) is 5.43 Å². The lowest BCUT2D eigenvalue weighted by Gasteiger charge is -2.11. The van der Waals surface area contributed by atoms with Crippen molar-refractivity contribution in [3.05, 3.63) is 46.4 Å². The highest BCUT2D eigenvalue weighted by Crippen LogP contribution is 2.29. The molecule has 0 aromatic heterocycles. The number of anilines is 1. The van der Waals surface area contributed by atoms with E-state index < -0.39 is 5.91 Å². The Balaban J connectivity index is 1.84. The molecule has 2 amide bonds. The van der Waals surface area contributed by atoms with Gasteiger partial charge in [-0.25, -0.2) is 5.43 Å². The molecule has 2 aromatic rings. The predicted molar refractivity (Wildman–Crippen MR) is 118 cm³/mol. The number of aryl methyl sites for hydroxylation is 1. The second kappa shape index (κ2) is 11.2. The summed E-state index contributed by atoms with van der Waals surface area (Å²) >= 11 is 3.41. The van der Waals surface area contributed by atoms with Crippen LogP contribution in [0.5, 0.6) is 17.2 Å². The van der Waals surface area contributed by atoms with Crippen LogP contribution in [0.3, 0.4) is 0 Å². The molecule has 0 unspecified atom stereocenters. The topological polar surface area (TPSA) is 98.3 Å². The fraction of sp³-hybridized carbons (Fsp3) is 0.286. The Morgan fingerprint density at radius 1 is 1.03 bits per heavy atom. The molecule has 0 saturated heterocycles. The number of benzene rings is 2. The molecule has 0 aliphatic rings. The number of carbonyl (C=O) groups excluding carboxylic acids is 2. The Morgan fingerprint density at radius 3 is 2.43 bits per heavy atom. The molecule has 0 aliphatic heterocycles. The maximum absolute atomic E-state index is 12.3. The lowest BCUT2D eigenvalue weighted by atomic mass is 10.2. The highest BCUT2D eigenvalue weighted by atomic mass is 79.9. The maximum atomic E-state index is 12.3. The quantitative estimate of drug-likeness (QED) is 0.424. The van der Waals surface area contributed by atoms with Crippen LogP contribution in [-0.2, 0) is 9.59 Å². The van der Waals surface area contributed by atoms with E-state index in [9.17, 15) is 9.59 Å². The van der Waals surface area contributed by atoms with Crippen LogP contribution in [-0.4, -0.2) is 38.4 Å². The van der Waals surface area contributed by atoms with Gasteiger partial charge in [-0.1, -0.05) is 15.9 Å². The summed E-state index contributed by atoms with van der Waals surface area (Å²) in [4.78, 5) is 24.2. The average molecular weight is 478 g/mol. The van der Waals surface area contributed by atoms with Crippen molar-refractivity contribution >= 4 is 39.1 Å². The standard InChI is InChI=1S/C21H24BrN3O5/c1-13-9-16(5-7-17(13)22)30-12-21(27)25-24-14(2)10-20(26)23-18-11-15(28-3)6-8-19(18)29-4/h5-9,11H,10,12H2,1-4H3,(H,23,26)(H,25,27)/b24-14-. The number of nitrogens with one attached hydrogen (secondary N) is 2. The normalized spacial score (nSPS) is 10.9. The molecule has 0 spiro atoms. The molecule has 9 heteroatoms. The first kappa shape index (κ1) is 23.2. The second-order valence-electron chi connectivity index (χ2n) is 6.37. The number of halogens is 1. The number of hydrogen-bond acceptors (Lipinski definition) is 6. The van der Waals surface area contributed by atoms with Gasteiger partial charge in [0, 0.05) is 16.3 Å². The number of carbonyl (C=O) groups is 2. The first-order valence-corrected chi connectivity index (χ1v) is 9.84. The Kier molecular flexibility index (Phi) is 8.67. The van der Waals surface area contributed by atoms with Gasteiger partial charge in [-0.05, 0) is 49.7 Å². The van der Waals surface area contributed by atoms with Gasteiger partial charge in [0.25, 0.3) is 5.91 Å². The number of methoxy groups -OCH3 is 2. The van der Waals surface area contributed by atoms with E-state index in [1.54, 1.807) is 31.2 Å². The zero-order valence-electron chi connectivity index (χ0n) is 17.2. The number of amides is 2. The molecule has 8 nitrogen and oxygen atoms in total. The van der Waals surface area contributed by atoms with E-state index in [4.69, 9.17) is 14.2 Å². The van der Waals surface area contributed by atoms with Crippen molar-refractivity contribution in [1.29, 1.82) is 0 Å². The zero-order valence-corrected chi connectivity index (χ0v) is 18.8. The first-order valence-electron chi connectivity index (χ1n) is 9.05. The summed E-state index contributed by atoms with van der Waals surface area (Å²) in [6, 6.07) is 10.5. The van der Waals surface area contributed by atoms with Gasteiger partial charge in [0.1, 0.15) is 17.2 Å². The Hall–Kier alpha value is -3.07. The van der Waals surface area contributed by atoms with Crippen LogP contribution < -0.4 is 25.0 Å². The highest BCUT2D eigenvalue weighted by Gasteiger charge is 2.11. The summed E-state index contributed by atoms with van der Waals surface area (Å²) in [5.41, 5.74) is 4.30. The van der Waals surface area contributed by atoms with E-state index in [2.05, 4.69) is 31.8 Å². The van der Waals surface area contributed by atoms with Crippen LogP contribution in [0.4, 0.5) is 5.69 Å². The lowest BCUT2D eigenvalue weighted by molar-refractivity contribution is -0.123. The third-order valence-electron chi connectivity index (χ3n) is 3.97. The summed E-state index contributed by atoms with van der Waals surface area (Å²) in [6.45, 7) is 3.38. The van der Waals surface area contributed by atoms with E-state index in [0.717, 1.165) is 10.0 Å². The van der Waals surface area contributed by atoms with Gasteiger partial charge in [0.05, 0.1) is 26.3 Å². The minimum atomic E-state index is -0.426. The minimum Gasteiger partial charge on any atom is -0.497 e. The van der Waals surface area contributed by atoms with E-state index in [1.165, 1.54) is 14.2 Å². The molecule has 2 N–H and O–H groups in total. The number of hydrazone groups is 1. The minimum absolute atomic E-state index is 0.00654. The van der Waals surface area contributed by atoms with Gasteiger partial charge < -0.3 is 19.5 Å². The molecule has 0 bridgehead atoms. The molecule has 30 heavy (non-hydrogen) atoms. The molecule has 0 saturated carbocycles. The Bertz CT molecular complexity index is 946. The van der Waals surface area contributed by atoms with Crippen molar-refractivity contribution in [2.45, 2.75) is 20.3 Å². The number of nitrogens with zero attached hydrogens (tertiary/aromatic N) is 1. The van der Waals surface area contributed by atoms with Gasteiger partial charge in [0.2, 0.25) is 5.91 Å². The SMILES string of the molecule is COc1ccc(OC)c(NC(=O)C/C(C)=N\NC(=O)COc2ccc(Br)c(C)c2)c1. The Labute approximate surface area is 183 Å². The fourth-order valence-electron chi connectivity index (χ4n) is 2.42. The number of ether oxygens (including phenoxy) is 3. The molecule has 0 atom stereocenters. The van der Waals surface area contributed by atoms with Crippen molar-refractivity contribution < 1.29 is 23.8 Å². The summed E-state index contributed by atoms with van der Waals surface area (Å²) in [5, 5.41) is 6.68. The van der Waals surface area contributed by atoms with Gasteiger partial charge in [-0.3, -0.25) is 9.59 Å². The largest absolute Gasteiger partial charge is 0.497 e. The third-order valence-corrected chi connectivity index (χ3v) is 4.86. The lowest BCUT2D eigenvalue weighted by Crippen LogP contribution is -2.26. The monoisotopic (exact) mass is 477 g/mol. The van der Waals surface area contributed by atoms with Crippen LogP contribution in [0.25, 0.3) is 0 Å². The van der Waals surface area contributed by atoms with Crippen molar-refractivity contribution in [2.75, 3.05) is 26.1 Å². The van der Waals surface area contributed by atoms with Crippen molar-refractivity contribution in [3.63, 3.8) is 0 Å². The summed E-state index contributed by atoms with van der Waals surface area (Å²) in [7, 11) is 3.05. The van der Waals surface area contributed by atoms with Gasteiger partial charge in [0.15, 0.2) is 6.61 Å². The zero-order chi connectivity index (χ0) is 22.1. The molecule has 2 aromatic carbocycles. The summed E-state index contributed by atoms with van der Waals surface area (Å²) in [6.07, 6.45) is -0.00654. The molecular formula is C21H24BrN3O5. The third kappa shape index (κ3) is 7.07. The van der Waals surface area contributed by atoms with E-state index >= 15 is 0 Å². The summed E-state index contributed by atoms with van der Waals surface area (Å²) < 4.78 is 16.8. The molecule has 0 fully saturated rings. The molecule has 160 valence electrons. The van der Waals surface area contributed by atoms with Crippen molar-refractivity contribution in [3.8, 4) is 17.2 Å². The van der Waals surface area contributed by atoms with E-state index in [1.807, 2.05) is 19.1 Å². The first-order chi connectivity index (χ1) is 14.3. The Morgan fingerprint density at radius 2 is 1.77 bits per heavy atom. The molecule has 2 rings (SSSR count). The molecule has 0 radical (unpaired) electrons. The molecular weight excluding hydrogens is 454 g/mol. The van der Waals surface area contributed by atoms with Crippen LogP contribution in [0.1, 0.15) is 18.9 Å². The molecule has 0 heterocycles. The van der Waals surface area contributed by atoms with Crippen LogP contribution in [0, 0.1) is 6.92 Å². The van der Waals surface area contributed by atoms with Crippen LogP contribution in [0.2, 0.25) is 0 Å². The fourth-order valence-corrected chi connectivity index (χ4v) is 2.67. The van der Waals surface area contributed by atoms with E-state index in [-0.39, 0.29) is 18.9 Å². The summed E-state index contributed by atoms with van der Waals surface area (Å²) in [5.74, 6) is 0.943. The van der Waals surface area contributed by atoms with Crippen molar-refractivity contribution in [2.24, 2.45) is 5.10 Å². The average Bonchev–Trinajstić information content (AvgIpc) is 2.72. The van der Waals surface area contributed by atoms with E-state index in [0.29, 0.717) is 28.6 Å². The van der Waals surface area contributed by atoms with Gasteiger partial charge >= 0.3 is 0 Å².